The van der Waals surface area contributed by atoms with Crippen LogP contribution in [0.25, 0.3) is 0 Å². The number of amides is 2. The first kappa shape index (κ1) is 15.2. The Balaban J connectivity index is 1.92. The number of urea groups is 1. The van der Waals surface area contributed by atoms with Gasteiger partial charge < -0.3 is 21.1 Å². The van der Waals surface area contributed by atoms with E-state index >= 15 is 0 Å². The highest BCUT2D eigenvalue weighted by molar-refractivity contribution is 5.90. The summed E-state index contributed by atoms with van der Waals surface area (Å²) in [6, 6.07) is 4.89. The van der Waals surface area contributed by atoms with Gasteiger partial charge in [-0.05, 0) is 19.4 Å². The average molecular weight is 294 g/mol. The van der Waals surface area contributed by atoms with Crippen LogP contribution in [0, 0.1) is 10.1 Å². The van der Waals surface area contributed by atoms with E-state index in [9.17, 15) is 14.9 Å². The molecule has 1 aliphatic rings. The summed E-state index contributed by atoms with van der Waals surface area (Å²) in [6.45, 7) is 2.44. The Bertz CT molecular complexity index is 535. The lowest BCUT2D eigenvalue weighted by molar-refractivity contribution is -0.384. The molecule has 2 rings (SSSR count). The highest BCUT2D eigenvalue weighted by Crippen LogP contribution is 2.23. The number of nitrogens with two attached hydrogens (primary N) is 1. The molecule has 0 heterocycles. The van der Waals surface area contributed by atoms with Gasteiger partial charge in [0.2, 0.25) is 0 Å². The van der Waals surface area contributed by atoms with Crippen molar-refractivity contribution in [3.63, 3.8) is 0 Å². The number of nitrogens with zero attached hydrogens (tertiary/aromatic N) is 1. The lowest BCUT2D eigenvalue weighted by atomic mass is 9.83. The molecule has 1 aliphatic carbocycles. The van der Waals surface area contributed by atoms with Crippen LogP contribution in [-0.4, -0.2) is 35.7 Å². The number of benzene rings is 1. The maximum atomic E-state index is 11.9. The van der Waals surface area contributed by atoms with Crippen LogP contribution >= 0.6 is 0 Å². The van der Waals surface area contributed by atoms with E-state index in [1.54, 1.807) is 6.07 Å². The minimum atomic E-state index is -0.518. The number of rotatable bonds is 5. The molecule has 1 aromatic rings. The molecule has 3 atom stereocenters. The summed E-state index contributed by atoms with van der Waals surface area (Å²) < 4.78 is 5.45. The number of hydrogen-bond acceptors (Lipinski definition) is 5. The van der Waals surface area contributed by atoms with Gasteiger partial charge in [0, 0.05) is 30.5 Å². The van der Waals surface area contributed by atoms with Crippen molar-refractivity contribution in [2.45, 2.75) is 31.5 Å². The van der Waals surface area contributed by atoms with Crippen LogP contribution in [0.2, 0.25) is 0 Å². The fraction of sp³-hybridized carbons (Fsp3) is 0.462. The second-order valence-electron chi connectivity index (χ2n) is 4.83. The predicted octanol–water partition coefficient (Wildman–Crippen LogP) is 1.22. The number of carbonyl (C=O) groups excluding carboxylic acids is 1. The number of carbonyl (C=O) groups is 1. The second-order valence-corrected chi connectivity index (χ2v) is 4.83. The Morgan fingerprint density at radius 2 is 2.33 bits per heavy atom. The maximum Gasteiger partial charge on any atom is 0.319 e. The molecule has 0 aliphatic heterocycles. The van der Waals surface area contributed by atoms with Gasteiger partial charge in [-0.2, -0.15) is 0 Å². The normalized spacial score (nSPS) is 24.0. The van der Waals surface area contributed by atoms with E-state index in [0.29, 0.717) is 18.7 Å². The van der Waals surface area contributed by atoms with Crippen LogP contribution < -0.4 is 16.4 Å². The van der Waals surface area contributed by atoms with E-state index in [-0.39, 0.29) is 23.9 Å². The lowest BCUT2D eigenvalue weighted by Crippen LogP contribution is -2.65. The lowest BCUT2D eigenvalue weighted by Gasteiger charge is -2.42. The second kappa shape index (κ2) is 6.51. The summed E-state index contributed by atoms with van der Waals surface area (Å²) in [7, 11) is 0. The van der Waals surface area contributed by atoms with Gasteiger partial charge in [-0.25, -0.2) is 4.79 Å². The molecule has 2 amide bonds. The molecule has 0 bridgehead atoms. The zero-order valence-electron chi connectivity index (χ0n) is 11.6. The standard InChI is InChI=1S/C13H18N4O4/c1-2-21-11-7-10(14)12(11)16-13(18)15-8-4-3-5-9(6-8)17(19)20/h3-6,10-12H,2,7,14H2,1H3,(H2,15,16,18). The maximum absolute atomic E-state index is 11.9. The zero-order valence-corrected chi connectivity index (χ0v) is 11.6. The summed E-state index contributed by atoms with van der Waals surface area (Å²) in [6.07, 6.45) is 0.621. The minimum Gasteiger partial charge on any atom is -0.376 e. The van der Waals surface area contributed by atoms with Crippen molar-refractivity contribution in [3.05, 3.63) is 34.4 Å². The van der Waals surface area contributed by atoms with Gasteiger partial charge in [0.25, 0.3) is 5.69 Å². The monoisotopic (exact) mass is 294 g/mol. The molecule has 1 saturated carbocycles. The van der Waals surface area contributed by atoms with Crippen molar-refractivity contribution < 1.29 is 14.5 Å². The highest BCUT2D eigenvalue weighted by atomic mass is 16.6. The molecular weight excluding hydrogens is 276 g/mol. The summed E-state index contributed by atoms with van der Waals surface area (Å²) in [5.41, 5.74) is 6.10. The number of hydrogen-bond donors (Lipinski definition) is 3. The van der Waals surface area contributed by atoms with Gasteiger partial charge >= 0.3 is 6.03 Å². The van der Waals surface area contributed by atoms with Crippen LogP contribution in [0.4, 0.5) is 16.2 Å². The molecule has 0 saturated heterocycles. The molecule has 3 unspecified atom stereocenters. The fourth-order valence-electron chi connectivity index (χ4n) is 2.24. The van der Waals surface area contributed by atoms with E-state index < -0.39 is 11.0 Å². The van der Waals surface area contributed by atoms with E-state index in [2.05, 4.69) is 10.6 Å². The Morgan fingerprint density at radius 3 is 2.95 bits per heavy atom. The smallest absolute Gasteiger partial charge is 0.319 e. The molecule has 0 aromatic heterocycles. The summed E-state index contributed by atoms with van der Waals surface area (Å²) >= 11 is 0. The van der Waals surface area contributed by atoms with Crippen LogP contribution in [-0.2, 0) is 4.74 Å². The topological polar surface area (TPSA) is 120 Å². The van der Waals surface area contributed by atoms with Gasteiger partial charge in [0.15, 0.2) is 0 Å². The minimum absolute atomic E-state index is 0.0825. The van der Waals surface area contributed by atoms with Crippen molar-refractivity contribution in [1.82, 2.24) is 5.32 Å². The molecule has 0 spiro atoms. The van der Waals surface area contributed by atoms with Gasteiger partial charge in [0.1, 0.15) is 0 Å². The molecule has 114 valence electrons. The Labute approximate surface area is 121 Å². The highest BCUT2D eigenvalue weighted by Gasteiger charge is 2.40. The van der Waals surface area contributed by atoms with Gasteiger partial charge in [-0.3, -0.25) is 10.1 Å². The third-order valence-electron chi connectivity index (χ3n) is 3.36. The largest absolute Gasteiger partial charge is 0.376 e. The number of anilines is 1. The summed E-state index contributed by atoms with van der Waals surface area (Å²) in [5, 5.41) is 16.0. The van der Waals surface area contributed by atoms with Gasteiger partial charge in [0.05, 0.1) is 17.1 Å². The van der Waals surface area contributed by atoms with Crippen LogP contribution in [0.15, 0.2) is 24.3 Å². The van der Waals surface area contributed by atoms with Crippen molar-refractivity contribution in [2.24, 2.45) is 5.73 Å². The van der Waals surface area contributed by atoms with Crippen LogP contribution in [0.5, 0.6) is 0 Å². The number of nitro groups is 1. The van der Waals surface area contributed by atoms with E-state index in [4.69, 9.17) is 10.5 Å². The van der Waals surface area contributed by atoms with Gasteiger partial charge in [-0.1, -0.05) is 6.07 Å². The molecule has 21 heavy (non-hydrogen) atoms. The van der Waals surface area contributed by atoms with Crippen molar-refractivity contribution in [1.29, 1.82) is 0 Å². The quantitative estimate of drug-likeness (QED) is 0.557. The molecule has 1 fully saturated rings. The molecule has 1 aromatic carbocycles. The SMILES string of the molecule is CCOC1CC(N)C1NC(=O)Nc1cccc([N+](=O)[O-])c1. The van der Waals surface area contributed by atoms with Crippen molar-refractivity contribution >= 4 is 17.4 Å². The Hall–Kier alpha value is -2.19. The molecular formula is C13H18N4O4. The number of nitro benzene ring substituents is 1. The molecule has 0 radical (unpaired) electrons. The number of ether oxygens (including phenoxy) is 1. The Kier molecular flexibility index (Phi) is 4.71. The Morgan fingerprint density at radius 1 is 1.57 bits per heavy atom. The first-order chi connectivity index (χ1) is 10.0. The molecule has 4 N–H and O–H groups in total. The van der Waals surface area contributed by atoms with E-state index in [1.165, 1.54) is 18.2 Å². The predicted molar refractivity (Wildman–Crippen MR) is 77.0 cm³/mol. The number of nitrogens with one attached hydrogen (secondary N) is 2. The third kappa shape index (κ3) is 3.67. The summed E-state index contributed by atoms with van der Waals surface area (Å²) in [5.74, 6) is 0. The van der Waals surface area contributed by atoms with Crippen molar-refractivity contribution in [3.8, 4) is 0 Å². The van der Waals surface area contributed by atoms with E-state index in [1.807, 2.05) is 6.92 Å². The molecule has 8 nitrogen and oxygen atoms in total. The summed E-state index contributed by atoms with van der Waals surface area (Å²) in [4.78, 5) is 22.0. The first-order valence-corrected chi connectivity index (χ1v) is 6.70. The average Bonchev–Trinajstić information content (AvgIpc) is 2.45. The third-order valence-corrected chi connectivity index (χ3v) is 3.36. The number of non-ortho nitro benzene ring substituents is 1. The van der Waals surface area contributed by atoms with Crippen LogP contribution in [0.3, 0.4) is 0 Å². The van der Waals surface area contributed by atoms with Gasteiger partial charge in [-0.15, -0.1) is 0 Å². The zero-order chi connectivity index (χ0) is 15.4. The van der Waals surface area contributed by atoms with Crippen molar-refractivity contribution in [2.75, 3.05) is 11.9 Å². The molecule has 8 heteroatoms. The first-order valence-electron chi connectivity index (χ1n) is 6.70. The fourth-order valence-corrected chi connectivity index (χ4v) is 2.24. The van der Waals surface area contributed by atoms with Crippen LogP contribution in [0.1, 0.15) is 13.3 Å². The van der Waals surface area contributed by atoms with E-state index in [0.717, 1.165) is 0 Å².